The van der Waals surface area contributed by atoms with Crippen molar-refractivity contribution in [3.05, 3.63) is 28.8 Å². The minimum atomic E-state index is -0.00306. The molecule has 0 aromatic heterocycles. The Balaban J connectivity index is 1.79. The Bertz CT molecular complexity index is 511. The van der Waals surface area contributed by atoms with E-state index in [9.17, 15) is 4.79 Å². The van der Waals surface area contributed by atoms with Crippen molar-refractivity contribution in [1.82, 2.24) is 4.90 Å². The van der Waals surface area contributed by atoms with Gasteiger partial charge in [-0.3, -0.25) is 4.79 Å². The van der Waals surface area contributed by atoms with Crippen LogP contribution in [0.15, 0.2) is 18.2 Å². The number of halogens is 1. The van der Waals surface area contributed by atoms with Gasteiger partial charge in [0.2, 0.25) is 0 Å². The third kappa shape index (κ3) is 2.91. The molecule has 0 spiro atoms. The zero-order chi connectivity index (χ0) is 14.1. The summed E-state index contributed by atoms with van der Waals surface area (Å²) in [7, 11) is 0. The number of ether oxygens (including phenoxy) is 1. The van der Waals surface area contributed by atoms with E-state index < -0.39 is 0 Å². The van der Waals surface area contributed by atoms with Gasteiger partial charge in [-0.2, -0.15) is 0 Å². The highest BCUT2D eigenvalue weighted by Crippen LogP contribution is 2.32. The van der Waals surface area contributed by atoms with Crippen molar-refractivity contribution in [2.24, 2.45) is 5.92 Å². The van der Waals surface area contributed by atoms with E-state index in [1.165, 1.54) is 0 Å². The highest BCUT2D eigenvalue weighted by Gasteiger charge is 2.35. The normalized spacial score (nSPS) is 21.9. The maximum atomic E-state index is 12.7. The van der Waals surface area contributed by atoms with Gasteiger partial charge in [0.25, 0.3) is 5.91 Å². The molecular formula is C15H19ClN2O2. The quantitative estimate of drug-likeness (QED) is 0.868. The Hall–Kier alpha value is -1.26. The second kappa shape index (κ2) is 5.62. The van der Waals surface area contributed by atoms with Crippen molar-refractivity contribution < 1.29 is 9.53 Å². The van der Waals surface area contributed by atoms with Gasteiger partial charge in [0, 0.05) is 30.8 Å². The molecule has 2 N–H and O–H groups in total. The molecule has 1 aromatic rings. The largest absolute Gasteiger partial charge is 0.399 e. The summed E-state index contributed by atoms with van der Waals surface area (Å²) in [5.74, 6) is 0.441. The molecule has 108 valence electrons. The third-order valence-electron chi connectivity index (χ3n) is 3.95. The van der Waals surface area contributed by atoms with Crippen LogP contribution in [0.5, 0.6) is 0 Å². The first-order chi connectivity index (χ1) is 9.65. The topological polar surface area (TPSA) is 55.6 Å². The molecule has 1 saturated heterocycles. The van der Waals surface area contributed by atoms with Crippen LogP contribution in [-0.4, -0.2) is 36.6 Å². The van der Waals surface area contributed by atoms with Crippen LogP contribution in [0.1, 0.15) is 29.6 Å². The van der Waals surface area contributed by atoms with Crippen molar-refractivity contribution in [2.75, 3.05) is 25.5 Å². The number of hydrogen-bond acceptors (Lipinski definition) is 3. The number of benzene rings is 1. The lowest BCUT2D eigenvalue weighted by molar-refractivity contribution is 0.0706. The van der Waals surface area contributed by atoms with Crippen molar-refractivity contribution in [3.63, 3.8) is 0 Å². The summed E-state index contributed by atoms with van der Waals surface area (Å²) in [5, 5.41) is 0.470. The zero-order valence-corrected chi connectivity index (χ0v) is 12.1. The Morgan fingerprint density at radius 3 is 2.85 bits per heavy atom. The summed E-state index contributed by atoms with van der Waals surface area (Å²) >= 11 is 6.15. The fourth-order valence-electron chi connectivity index (χ4n) is 2.65. The van der Waals surface area contributed by atoms with Crippen LogP contribution in [0, 0.1) is 5.92 Å². The molecule has 0 bridgehead atoms. The lowest BCUT2D eigenvalue weighted by Gasteiger charge is -2.25. The molecule has 5 heteroatoms. The molecule has 4 nitrogen and oxygen atoms in total. The predicted molar refractivity (Wildman–Crippen MR) is 78.8 cm³/mol. The average Bonchev–Trinajstić information content (AvgIpc) is 3.15. The van der Waals surface area contributed by atoms with E-state index in [-0.39, 0.29) is 5.91 Å². The van der Waals surface area contributed by atoms with Crippen LogP contribution < -0.4 is 5.73 Å². The summed E-state index contributed by atoms with van der Waals surface area (Å²) < 4.78 is 5.40. The molecule has 1 unspecified atom stereocenters. The summed E-state index contributed by atoms with van der Waals surface area (Å²) in [5.41, 5.74) is 6.85. The average molecular weight is 295 g/mol. The Labute approximate surface area is 123 Å². The number of carbonyl (C=O) groups is 1. The molecule has 1 aromatic carbocycles. The second-order valence-electron chi connectivity index (χ2n) is 5.66. The molecule has 1 heterocycles. The molecule has 1 aliphatic carbocycles. The lowest BCUT2D eigenvalue weighted by atomic mass is 10.1. The minimum absolute atomic E-state index is 0.00306. The minimum Gasteiger partial charge on any atom is -0.399 e. The standard InChI is InChI=1S/C15H19ClN2O2/c16-14-4-1-11(17)7-13(14)15(19)18(12-2-3-12)8-10-5-6-20-9-10/h1,4,7,10,12H,2-3,5-6,8-9,17H2. The number of nitrogens with zero attached hydrogens (tertiary/aromatic N) is 1. The molecular weight excluding hydrogens is 276 g/mol. The van der Waals surface area contributed by atoms with E-state index in [2.05, 4.69) is 0 Å². The summed E-state index contributed by atoms with van der Waals surface area (Å²) in [6.07, 6.45) is 3.19. The SMILES string of the molecule is Nc1ccc(Cl)c(C(=O)N(CC2CCOC2)C2CC2)c1. The first-order valence-electron chi connectivity index (χ1n) is 7.09. The summed E-state index contributed by atoms with van der Waals surface area (Å²) in [6, 6.07) is 5.44. The molecule has 2 fully saturated rings. The number of nitrogen functional groups attached to an aromatic ring is 1. The van der Waals surface area contributed by atoms with E-state index >= 15 is 0 Å². The van der Waals surface area contributed by atoms with Gasteiger partial charge >= 0.3 is 0 Å². The number of amides is 1. The van der Waals surface area contributed by atoms with E-state index in [1.54, 1.807) is 18.2 Å². The maximum absolute atomic E-state index is 12.7. The van der Waals surface area contributed by atoms with Crippen LogP contribution in [-0.2, 0) is 4.74 Å². The van der Waals surface area contributed by atoms with Gasteiger partial charge in [-0.1, -0.05) is 11.6 Å². The van der Waals surface area contributed by atoms with Gasteiger partial charge in [0.15, 0.2) is 0 Å². The number of hydrogen-bond donors (Lipinski definition) is 1. The van der Waals surface area contributed by atoms with Crippen LogP contribution >= 0.6 is 11.6 Å². The molecule has 1 atom stereocenters. The van der Waals surface area contributed by atoms with Crippen LogP contribution in [0.4, 0.5) is 5.69 Å². The summed E-state index contributed by atoms with van der Waals surface area (Å²) in [6.45, 7) is 2.31. The van der Waals surface area contributed by atoms with Crippen molar-refractivity contribution >= 4 is 23.2 Å². The highest BCUT2D eigenvalue weighted by molar-refractivity contribution is 6.34. The highest BCUT2D eigenvalue weighted by atomic mass is 35.5. The molecule has 20 heavy (non-hydrogen) atoms. The fraction of sp³-hybridized carbons (Fsp3) is 0.533. The smallest absolute Gasteiger partial charge is 0.255 e. The first-order valence-corrected chi connectivity index (χ1v) is 7.46. The molecule has 2 aliphatic rings. The summed E-state index contributed by atoms with van der Waals surface area (Å²) in [4.78, 5) is 14.7. The zero-order valence-electron chi connectivity index (χ0n) is 11.3. The number of carbonyl (C=O) groups excluding carboxylic acids is 1. The third-order valence-corrected chi connectivity index (χ3v) is 4.28. The van der Waals surface area contributed by atoms with E-state index in [1.807, 2.05) is 4.90 Å². The number of nitrogens with two attached hydrogens (primary N) is 1. The number of anilines is 1. The van der Waals surface area contributed by atoms with Gasteiger partial charge in [0.1, 0.15) is 0 Å². The maximum Gasteiger partial charge on any atom is 0.255 e. The first kappa shape index (κ1) is 13.7. The molecule has 1 saturated carbocycles. The van der Waals surface area contributed by atoms with Gasteiger partial charge in [-0.15, -0.1) is 0 Å². The lowest BCUT2D eigenvalue weighted by Crippen LogP contribution is -2.37. The van der Waals surface area contributed by atoms with Crippen LogP contribution in [0.3, 0.4) is 0 Å². The van der Waals surface area contributed by atoms with Crippen molar-refractivity contribution in [2.45, 2.75) is 25.3 Å². The fourth-order valence-corrected chi connectivity index (χ4v) is 2.85. The van der Waals surface area contributed by atoms with Gasteiger partial charge < -0.3 is 15.4 Å². The van der Waals surface area contributed by atoms with Crippen molar-refractivity contribution in [1.29, 1.82) is 0 Å². The monoisotopic (exact) mass is 294 g/mol. The van der Waals surface area contributed by atoms with E-state index in [4.69, 9.17) is 22.1 Å². The second-order valence-corrected chi connectivity index (χ2v) is 6.06. The number of rotatable bonds is 4. The van der Waals surface area contributed by atoms with Crippen LogP contribution in [0.2, 0.25) is 5.02 Å². The van der Waals surface area contributed by atoms with Crippen LogP contribution in [0.25, 0.3) is 0 Å². The molecule has 3 rings (SSSR count). The Morgan fingerprint density at radius 2 is 2.20 bits per heavy atom. The molecule has 1 aliphatic heterocycles. The van der Waals surface area contributed by atoms with E-state index in [0.717, 1.165) is 39.0 Å². The predicted octanol–water partition coefficient (Wildman–Crippen LogP) is 2.56. The molecule has 0 radical (unpaired) electrons. The van der Waals surface area contributed by atoms with Gasteiger partial charge in [0.05, 0.1) is 17.2 Å². The molecule has 1 amide bonds. The Kier molecular flexibility index (Phi) is 3.85. The van der Waals surface area contributed by atoms with Crippen molar-refractivity contribution in [3.8, 4) is 0 Å². The van der Waals surface area contributed by atoms with Gasteiger partial charge in [-0.05, 0) is 37.5 Å². The van der Waals surface area contributed by atoms with E-state index in [0.29, 0.717) is 28.2 Å². The Morgan fingerprint density at radius 1 is 1.40 bits per heavy atom. The van der Waals surface area contributed by atoms with Gasteiger partial charge in [-0.25, -0.2) is 0 Å².